The van der Waals surface area contributed by atoms with Crippen molar-refractivity contribution in [3.63, 3.8) is 0 Å². The monoisotopic (exact) mass is 451 g/mol. The summed E-state index contributed by atoms with van der Waals surface area (Å²) in [5.74, 6) is -0.865. The number of rotatable bonds is 6. The molecule has 3 amide bonds. The normalized spacial score (nSPS) is 15.2. The molecule has 29 heavy (non-hydrogen) atoms. The first-order chi connectivity index (χ1) is 13.9. The predicted molar refractivity (Wildman–Crippen MR) is 113 cm³/mol. The molecule has 1 saturated heterocycles. The Morgan fingerprint density at radius 2 is 1.90 bits per heavy atom. The van der Waals surface area contributed by atoms with Gasteiger partial charge in [0.15, 0.2) is 0 Å². The zero-order chi connectivity index (χ0) is 21.0. The molecule has 1 aliphatic rings. The van der Waals surface area contributed by atoms with Crippen LogP contribution < -0.4 is 10.9 Å². The maximum Gasteiger partial charge on any atom is 0.293 e. The van der Waals surface area contributed by atoms with E-state index in [0.29, 0.717) is 15.6 Å². The quantitative estimate of drug-likeness (QED) is 0.681. The van der Waals surface area contributed by atoms with E-state index in [9.17, 15) is 19.2 Å². The van der Waals surface area contributed by atoms with Crippen LogP contribution in [0, 0.1) is 0 Å². The van der Waals surface area contributed by atoms with Crippen molar-refractivity contribution in [3.8, 4) is 0 Å². The van der Waals surface area contributed by atoms with Gasteiger partial charge in [-0.3, -0.25) is 24.1 Å². The third-order valence-corrected chi connectivity index (χ3v) is 5.75. The lowest BCUT2D eigenvalue weighted by Gasteiger charge is -2.13. The smallest absolute Gasteiger partial charge is 0.293 e. The Labute approximate surface area is 180 Å². The third-order valence-electron chi connectivity index (χ3n) is 4.01. The van der Waals surface area contributed by atoms with Crippen molar-refractivity contribution >= 4 is 58.1 Å². The zero-order valence-electron chi connectivity index (χ0n) is 14.9. The van der Waals surface area contributed by atoms with E-state index in [4.69, 9.17) is 23.2 Å². The van der Waals surface area contributed by atoms with Gasteiger partial charge in [-0.05, 0) is 35.5 Å². The average Bonchev–Trinajstić information content (AvgIpc) is 2.94. The number of hydrogen-bond acceptors (Lipinski definition) is 5. The number of imide groups is 1. The summed E-state index contributed by atoms with van der Waals surface area (Å²) in [6.45, 7) is -0.0564. The number of carbonyl (C=O) groups is 3. The molecule has 0 radical (unpaired) electrons. The molecule has 2 heterocycles. The van der Waals surface area contributed by atoms with E-state index in [1.165, 1.54) is 22.9 Å². The van der Waals surface area contributed by atoms with Gasteiger partial charge in [0.05, 0.1) is 15.0 Å². The standard InChI is InChI=1S/C19H15Cl2N3O4S/c20-13-5-3-4-12(17(13)21)10-14-18(27)24(19(28)29-14)9-7-22-15(25)11-23-8-2-1-6-16(23)26/h1-6,8,10H,7,9,11H2,(H,22,25)/b14-10-. The summed E-state index contributed by atoms with van der Waals surface area (Å²) in [6, 6.07) is 9.59. The van der Waals surface area contributed by atoms with Crippen LogP contribution in [0.1, 0.15) is 5.56 Å². The molecule has 1 N–H and O–H groups in total. The van der Waals surface area contributed by atoms with Crippen molar-refractivity contribution < 1.29 is 14.4 Å². The molecule has 1 fully saturated rings. The number of nitrogens with zero attached hydrogens (tertiary/aromatic N) is 2. The highest BCUT2D eigenvalue weighted by Gasteiger charge is 2.34. The van der Waals surface area contributed by atoms with E-state index in [2.05, 4.69) is 5.32 Å². The lowest BCUT2D eigenvalue weighted by atomic mass is 10.2. The lowest BCUT2D eigenvalue weighted by molar-refractivity contribution is -0.124. The summed E-state index contributed by atoms with van der Waals surface area (Å²) in [5, 5.41) is 2.80. The number of thioether (sulfide) groups is 1. The summed E-state index contributed by atoms with van der Waals surface area (Å²) >= 11 is 12.9. The fourth-order valence-corrected chi connectivity index (χ4v) is 3.79. The van der Waals surface area contributed by atoms with Gasteiger partial charge >= 0.3 is 0 Å². The van der Waals surface area contributed by atoms with Crippen molar-refractivity contribution in [2.75, 3.05) is 13.1 Å². The number of nitrogens with one attached hydrogen (secondary N) is 1. The van der Waals surface area contributed by atoms with Crippen LogP contribution in [0.15, 0.2) is 52.3 Å². The molecule has 10 heteroatoms. The molecule has 0 spiro atoms. The van der Waals surface area contributed by atoms with Crippen molar-refractivity contribution in [1.29, 1.82) is 0 Å². The van der Waals surface area contributed by atoms with Crippen molar-refractivity contribution in [3.05, 3.63) is 73.5 Å². The molecule has 0 atom stereocenters. The molecular formula is C19H15Cl2N3O4S. The second-order valence-corrected chi connectivity index (χ2v) is 7.77. The second kappa shape index (κ2) is 9.30. The largest absolute Gasteiger partial charge is 0.353 e. The van der Waals surface area contributed by atoms with Gasteiger partial charge in [-0.25, -0.2) is 0 Å². The minimum Gasteiger partial charge on any atom is -0.353 e. The molecule has 0 unspecified atom stereocenters. The topological polar surface area (TPSA) is 88.5 Å². The van der Waals surface area contributed by atoms with Gasteiger partial charge < -0.3 is 9.88 Å². The van der Waals surface area contributed by atoms with Crippen molar-refractivity contribution in [2.24, 2.45) is 0 Å². The van der Waals surface area contributed by atoms with E-state index in [-0.39, 0.29) is 30.1 Å². The fraction of sp³-hybridized carbons (Fsp3) is 0.158. The van der Waals surface area contributed by atoms with E-state index < -0.39 is 17.1 Å². The maximum atomic E-state index is 12.5. The summed E-state index contributed by atoms with van der Waals surface area (Å²) in [7, 11) is 0. The van der Waals surface area contributed by atoms with Crippen LogP contribution in [0.3, 0.4) is 0 Å². The lowest BCUT2D eigenvalue weighted by Crippen LogP contribution is -2.39. The highest BCUT2D eigenvalue weighted by Crippen LogP contribution is 2.34. The summed E-state index contributed by atoms with van der Waals surface area (Å²) in [4.78, 5) is 49.5. The van der Waals surface area contributed by atoms with Gasteiger partial charge in [0.1, 0.15) is 6.54 Å². The predicted octanol–water partition coefficient (Wildman–Crippen LogP) is 3.01. The third kappa shape index (κ3) is 5.09. The number of pyridine rings is 1. The van der Waals surface area contributed by atoms with Crippen LogP contribution >= 0.6 is 35.0 Å². The summed E-state index contributed by atoms with van der Waals surface area (Å²) in [6.07, 6.45) is 3.02. The molecule has 1 aromatic carbocycles. The van der Waals surface area contributed by atoms with E-state index in [1.54, 1.807) is 30.3 Å². The minimum absolute atomic E-state index is 0.0146. The SMILES string of the molecule is O=C(Cn1ccccc1=O)NCCN1C(=O)S/C(=C\c2cccc(Cl)c2Cl)C1=O. The Morgan fingerprint density at radius 3 is 2.66 bits per heavy atom. The van der Waals surface area contributed by atoms with Crippen LogP contribution in [0.25, 0.3) is 6.08 Å². The number of carbonyl (C=O) groups excluding carboxylic acids is 3. The van der Waals surface area contributed by atoms with Crippen LogP contribution in [-0.4, -0.2) is 39.6 Å². The van der Waals surface area contributed by atoms with Gasteiger partial charge in [-0.1, -0.05) is 41.4 Å². The van der Waals surface area contributed by atoms with E-state index in [0.717, 1.165) is 16.7 Å². The maximum absolute atomic E-state index is 12.5. The number of amides is 3. The summed E-state index contributed by atoms with van der Waals surface area (Å²) < 4.78 is 1.26. The first-order valence-electron chi connectivity index (χ1n) is 8.48. The van der Waals surface area contributed by atoms with Crippen LogP contribution in [-0.2, 0) is 16.1 Å². The van der Waals surface area contributed by atoms with Crippen LogP contribution in [0.2, 0.25) is 10.0 Å². The van der Waals surface area contributed by atoms with Gasteiger partial charge in [-0.2, -0.15) is 0 Å². The Morgan fingerprint density at radius 1 is 1.10 bits per heavy atom. The van der Waals surface area contributed by atoms with E-state index >= 15 is 0 Å². The van der Waals surface area contributed by atoms with Gasteiger partial charge in [0.2, 0.25) is 5.91 Å². The Bertz CT molecular complexity index is 1070. The highest BCUT2D eigenvalue weighted by atomic mass is 35.5. The molecule has 0 bridgehead atoms. The van der Waals surface area contributed by atoms with Crippen LogP contribution in [0.4, 0.5) is 4.79 Å². The van der Waals surface area contributed by atoms with Crippen LogP contribution in [0.5, 0.6) is 0 Å². The number of benzene rings is 1. The molecule has 1 aliphatic heterocycles. The molecule has 3 rings (SSSR count). The fourth-order valence-electron chi connectivity index (χ4n) is 2.57. The van der Waals surface area contributed by atoms with Gasteiger partial charge in [-0.15, -0.1) is 0 Å². The Hall–Kier alpha value is -2.55. The average molecular weight is 452 g/mol. The number of aromatic nitrogens is 1. The van der Waals surface area contributed by atoms with Gasteiger partial charge in [0, 0.05) is 25.4 Å². The molecule has 0 aliphatic carbocycles. The van der Waals surface area contributed by atoms with Crippen molar-refractivity contribution in [2.45, 2.75) is 6.54 Å². The number of hydrogen-bond donors (Lipinski definition) is 1. The number of halogens is 2. The highest BCUT2D eigenvalue weighted by molar-refractivity contribution is 8.18. The minimum atomic E-state index is -0.468. The molecule has 2 aromatic rings. The zero-order valence-corrected chi connectivity index (χ0v) is 17.3. The molecule has 0 saturated carbocycles. The Kier molecular flexibility index (Phi) is 6.79. The van der Waals surface area contributed by atoms with Crippen molar-refractivity contribution in [1.82, 2.24) is 14.8 Å². The summed E-state index contributed by atoms with van der Waals surface area (Å²) in [5.41, 5.74) is 0.240. The molecule has 150 valence electrons. The molecular weight excluding hydrogens is 437 g/mol. The second-order valence-electron chi connectivity index (χ2n) is 5.99. The van der Waals surface area contributed by atoms with Gasteiger partial charge in [0.25, 0.3) is 16.7 Å². The Balaban J connectivity index is 1.58. The first kappa shape index (κ1) is 21.2. The van der Waals surface area contributed by atoms with E-state index in [1.807, 2.05) is 0 Å². The molecule has 7 nitrogen and oxygen atoms in total. The molecule has 1 aromatic heterocycles. The first-order valence-corrected chi connectivity index (χ1v) is 10.1.